The van der Waals surface area contributed by atoms with E-state index >= 15 is 0 Å². The lowest BCUT2D eigenvalue weighted by atomic mass is 10.1. The van der Waals surface area contributed by atoms with Crippen LogP contribution in [0.2, 0.25) is 0 Å². The van der Waals surface area contributed by atoms with Crippen LogP contribution in [0.3, 0.4) is 0 Å². The number of rotatable bonds is 5. The number of aromatic nitrogens is 1. The van der Waals surface area contributed by atoms with E-state index in [1.807, 2.05) is 47.4 Å². The molecule has 172 valence electrons. The molecule has 0 atom stereocenters. The summed E-state index contributed by atoms with van der Waals surface area (Å²) in [5.74, 6) is 0.968. The molecule has 8 heteroatoms. The average molecular weight is 476 g/mol. The van der Waals surface area contributed by atoms with E-state index < -0.39 is 0 Å². The zero-order chi connectivity index (χ0) is 23.5. The minimum absolute atomic E-state index is 0.212. The highest BCUT2D eigenvalue weighted by Crippen LogP contribution is 2.33. The predicted molar refractivity (Wildman–Crippen MR) is 134 cm³/mol. The summed E-state index contributed by atoms with van der Waals surface area (Å²) in [5, 5.41) is 4.52. The fourth-order valence-electron chi connectivity index (χ4n) is 3.84. The number of anilines is 1. The van der Waals surface area contributed by atoms with Gasteiger partial charge in [0.25, 0.3) is 5.56 Å². The molecule has 2 heterocycles. The van der Waals surface area contributed by atoms with Crippen molar-refractivity contribution in [1.29, 1.82) is 0 Å². The Hall–Kier alpha value is -3.91. The van der Waals surface area contributed by atoms with E-state index in [-0.39, 0.29) is 17.9 Å². The van der Waals surface area contributed by atoms with E-state index in [2.05, 4.69) is 10.3 Å². The van der Waals surface area contributed by atoms with Crippen LogP contribution < -0.4 is 20.3 Å². The molecule has 0 bridgehead atoms. The number of fused-ring (bicyclic) bond motifs is 2. The van der Waals surface area contributed by atoms with Gasteiger partial charge in [0.05, 0.1) is 12.1 Å². The third-order valence-corrected chi connectivity index (χ3v) is 5.90. The Morgan fingerprint density at radius 3 is 2.41 bits per heavy atom. The Kier molecular flexibility index (Phi) is 6.14. The van der Waals surface area contributed by atoms with Gasteiger partial charge in [-0.05, 0) is 54.2 Å². The molecule has 0 radical (unpaired) electrons. The van der Waals surface area contributed by atoms with Crippen molar-refractivity contribution in [3.05, 3.63) is 100 Å². The number of hydrogen-bond acceptors (Lipinski definition) is 4. The summed E-state index contributed by atoms with van der Waals surface area (Å²) in [6, 6.07) is 21.3. The van der Waals surface area contributed by atoms with Gasteiger partial charge in [-0.3, -0.25) is 4.79 Å². The summed E-state index contributed by atoms with van der Waals surface area (Å²) in [7, 11) is 0. The Morgan fingerprint density at radius 1 is 0.971 bits per heavy atom. The summed E-state index contributed by atoms with van der Waals surface area (Å²) >= 11 is 5.69. The van der Waals surface area contributed by atoms with Crippen molar-refractivity contribution in [2.75, 3.05) is 18.5 Å². The number of halogens is 1. The first-order valence-electron chi connectivity index (χ1n) is 10.9. The largest absolute Gasteiger partial charge is 0.486 e. The number of nitrogens with one attached hydrogen (secondary N) is 2. The number of nitrogens with zero attached hydrogens (tertiary/aromatic N) is 1. The molecule has 5 rings (SSSR count). The predicted octanol–water partition coefficient (Wildman–Crippen LogP) is 4.84. The van der Waals surface area contributed by atoms with Crippen LogP contribution in [0.15, 0.2) is 77.6 Å². The van der Waals surface area contributed by atoms with Gasteiger partial charge in [0.2, 0.25) is 0 Å². The Balaban J connectivity index is 1.46. The van der Waals surface area contributed by atoms with E-state index in [4.69, 9.17) is 21.7 Å². The van der Waals surface area contributed by atoms with Crippen LogP contribution in [-0.4, -0.2) is 28.2 Å². The smallest absolute Gasteiger partial charge is 0.253 e. The second-order valence-corrected chi connectivity index (χ2v) is 8.37. The Morgan fingerprint density at radius 2 is 1.68 bits per heavy atom. The number of benzene rings is 3. The zero-order valence-corrected chi connectivity index (χ0v) is 19.0. The Bertz CT molecular complexity index is 1390. The molecule has 1 aliphatic rings. The van der Waals surface area contributed by atoms with Gasteiger partial charge in [-0.1, -0.05) is 30.3 Å². The van der Waals surface area contributed by atoms with Gasteiger partial charge in [-0.25, -0.2) is 4.39 Å². The maximum Gasteiger partial charge on any atom is 0.253 e. The van der Waals surface area contributed by atoms with Crippen LogP contribution >= 0.6 is 12.2 Å². The number of H-pyrrole nitrogens is 1. The van der Waals surface area contributed by atoms with Gasteiger partial charge in [0.15, 0.2) is 16.6 Å². The third-order valence-electron chi connectivity index (χ3n) is 5.54. The van der Waals surface area contributed by atoms with Crippen LogP contribution in [0, 0.1) is 5.82 Å². The first-order chi connectivity index (χ1) is 16.5. The molecule has 0 saturated carbocycles. The minimum atomic E-state index is -0.305. The topological polar surface area (TPSA) is 66.6 Å². The summed E-state index contributed by atoms with van der Waals surface area (Å²) in [6.45, 7) is 1.62. The lowest BCUT2D eigenvalue weighted by Crippen LogP contribution is -2.35. The molecule has 0 amide bonds. The first kappa shape index (κ1) is 21.9. The van der Waals surface area contributed by atoms with Crippen molar-refractivity contribution >= 4 is 33.9 Å². The lowest BCUT2D eigenvalue weighted by molar-refractivity contribution is 0.172. The summed E-state index contributed by atoms with van der Waals surface area (Å²) in [6.07, 6.45) is 0. The number of ether oxygens (including phenoxy) is 2. The van der Waals surface area contributed by atoms with Gasteiger partial charge in [0.1, 0.15) is 19.0 Å². The third kappa shape index (κ3) is 4.87. The molecule has 3 aromatic carbocycles. The molecular formula is C26H22FN3O3S. The number of pyridine rings is 1. The highest BCUT2D eigenvalue weighted by Gasteiger charge is 2.17. The molecule has 34 heavy (non-hydrogen) atoms. The van der Waals surface area contributed by atoms with Gasteiger partial charge < -0.3 is 24.7 Å². The normalized spacial score (nSPS) is 12.4. The molecule has 2 N–H and O–H groups in total. The number of aromatic amines is 1. The van der Waals surface area contributed by atoms with E-state index in [1.165, 1.54) is 12.1 Å². The van der Waals surface area contributed by atoms with Crippen LogP contribution in [-0.2, 0) is 13.1 Å². The molecule has 0 unspecified atom stereocenters. The second kappa shape index (κ2) is 9.52. The number of thiocarbonyl (C=S) groups is 1. The number of para-hydroxylation sites is 1. The fraction of sp³-hybridized carbons (Fsp3) is 0.154. The molecule has 1 aliphatic heterocycles. The highest BCUT2D eigenvalue weighted by atomic mass is 32.1. The van der Waals surface area contributed by atoms with E-state index in [0.717, 1.165) is 16.6 Å². The van der Waals surface area contributed by atoms with Crippen molar-refractivity contribution in [1.82, 2.24) is 9.88 Å². The molecule has 0 fully saturated rings. The Labute approximate surface area is 200 Å². The molecule has 0 spiro atoms. The lowest BCUT2D eigenvalue weighted by Gasteiger charge is -2.26. The molecule has 6 nitrogen and oxygen atoms in total. The highest BCUT2D eigenvalue weighted by molar-refractivity contribution is 7.80. The van der Waals surface area contributed by atoms with Crippen molar-refractivity contribution in [3.8, 4) is 11.5 Å². The molecular weight excluding hydrogens is 453 g/mol. The molecule has 4 aromatic rings. The van der Waals surface area contributed by atoms with E-state index in [9.17, 15) is 9.18 Å². The minimum Gasteiger partial charge on any atom is -0.486 e. The fourth-order valence-corrected chi connectivity index (χ4v) is 4.09. The molecule has 0 aliphatic carbocycles. The number of hydrogen-bond donors (Lipinski definition) is 2. The maximum atomic E-state index is 13.4. The second-order valence-electron chi connectivity index (χ2n) is 7.99. The van der Waals surface area contributed by atoms with Gasteiger partial charge in [-0.15, -0.1) is 0 Å². The summed E-state index contributed by atoms with van der Waals surface area (Å²) < 4.78 is 24.7. The van der Waals surface area contributed by atoms with Crippen molar-refractivity contribution in [3.63, 3.8) is 0 Å². The standard InChI is InChI=1S/C26H22FN3O3S/c27-20-8-6-17(7-9-20)15-30(26(34)28-21-4-2-1-3-5-21)16-19-12-18-13-23-24(33-11-10-32-23)14-22(18)29-25(19)31/h1-9,12-14H,10-11,15-16H2,(H,28,34)(H,29,31). The van der Waals surface area contributed by atoms with Gasteiger partial charge in [-0.2, -0.15) is 0 Å². The van der Waals surface area contributed by atoms with E-state index in [0.29, 0.717) is 47.5 Å². The van der Waals surface area contributed by atoms with Crippen LogP contribution in [0.1, 0.15) is 11.1 Å². The molecule has 0 saturated heterocycles. The summed E-state index contributed by atoms with van der Waals surface area (Å²) in [5.41, 5.74) is 2.72. The van der Waals surface area contributed by atoms with Crippen LogP contribution in [0.4, 0.5) is 10.1 Å². The SMILES string of the molecule is O=c1[nH]c2cc3c(cc2cc1CN(Cc1ccc(F)cc1)C(=S)Nc1ccccc1)OCCO3. The zero-order valence-electron chi connectivity index (χ0n) is 18.2. The van der Waals surface area contributed by atoms with Gasteiger partial charge >= 0.3 is 0 Å². The maximum absolute atomic E-state index is 13.4. The summed E-state index contributed by atoms with van der Waals surface area (Å²) in [4.78, 5) is 17.8. The van der Waals surface area contributed by atoms with Crippen molar-refractivity contribution < 1.29 is 13.9 Å². The average Bonchev–Trinajstić information content (AvgIpc) is 2.85. The van der Waals surface area contributed by atoms with Crippen molar-refractivity contribution in [2.45, 2.75) is 13.1 Å². The molecule has 1 aromatic heterocycles. The van der Waals surface area contributed by atoms with Crippen molar-refractivity contribution in [2.24, 2.45) is 0 Å². The monoisotopic (exact) mass is 475 g/mol. The first-order valence-corrected chi connectivity index (χ1v) is 11.3. The quantitative estimate of drug-likeness (QED) is 0.403. The van der Waals surface area contributed by atoms with Gasteiger partial charge in [0, 0.05) is 29.2 Å². The van der Waals surface area contributed by atoms with Crippen LogP contribution in [0.25, 0.3) is 10.9 Å². The van der Waals surface area contributed by atoms with Crippen LogP contribution in [0.5, 0.6) is 11.5 Å². The van der Waals surface area contributed by atoms with E-state index in [1.54, 1.807) is 18.2 Å².